The molecule has 0 amide bonds. The maximum Gasteiger partial charge on any atom is 0.320 e. The average molecular weight is 453 g/mol. The molecule has 0 saturated carbocycles. The predicted molar refractivity (Wildman–Crippen MR) is 122 cm³/mol. The van der Waals surface area contributed by atoms with Crippen LogP contribution < -0.4 is 9.64 Å². The van der Waals surface area contributed by atoms with E-state index in [4.69, 9.17) is 18.9 Å². The smallest absolute Gasteiger partial charge is 0.320 e. The molecule has 1 N–H and O–H groups in total. The Morgan fingerprint density at radius 2 is 2.06 bits per heavy atom. The molecule has 2 saturated heterocycles. The number of anilines is 1. The van der Waals surface area contributed by atoms with Crippen LogP contribution >= 0.6 is 0 Å². The van der Waals surface area contributed by atoms with Gasteiger partial charge >= 0.3 is 6.01 Å². The zero-order valence-corrected chi connectivity index (χ0v) is 18.9. The first-order valence-corrected chi connectivity index (χ1v) is 11.1. The third-order valence-corrected chi connectivity index (χ3v) is 5.57. The van der Waals surface area contributed by atoms with Crippen molar-refractivity contribution in [1.29, 1.82) is 0 Å². The van der Waals surface area contributed by atoms with Gasteiger partial charge < -0.3 is 28.8 Å². The number of morpholine rings is 1. The monoisotopic (exact) mass is 452 g/mol. The minimum Gasteiger partial charge on any atom is -0.460 e. The molecule has 2 aliphatic rings. The lowest BCUT2D eigenvalue weighted by atomic mass is 10.2. The van der Waals surface area contributed by atoms with E-state index in [9.17, 15) is 0 Å². The van der Waals surface area contributed by atoms with Crippen LogP contribution in [0.3, 0.4) is 0 Å². The van der Waals surface area contributed by atoms with Gasteiger partial charge in [-0.25, -0.2) is 0 Å². The normalized spacial score (nSPS) is 20.7. The molecule has 2 aromatic heterocycles. The molecule has 1 atom stereocenters. The summed E-state index contributed by atoms with van der Waals surface area (Å²) < 4.78 is 22.8. The van der Waals surface area contributed by atoms with Gasteiger partial charge in [-0.1, -0.05) is 18.2 Å². The standard InChI is InChI=1S/C23H28N6O4/c1-23(2)32-15-17(33-23)14-31-22-26-20(11-21(27-22)29-7-9-30-10-8-29)28-25-13-16-12-24-19-6-4-3-5-18(16)19/h3-6,11-12,17,24H,7-10,13-15H2,1-2H3. The van der Waals surface area contributed by atoms with Crippen LogP contribution in [-0.4, -0.2) is 66.4 Å². The fourth-order valence-corrected chi connectivity index (χ4v) is 3.93. The van der Waals surface area contributed by atoms with Crippen molar-refractivity contribution in [3.05, 3.63) is 42.1 Å². The summed E-state index contributed by atoms with van der Waals surface area (Å²) >= 11 is 0. The third-order valence-electron chi connectivity index (χ3n) is 5.57. The van der Waals surface area contributed by atoms with E-state index < -0.39 is 5.79 Å². The lowest BCUT2D eigenvalue weighted by molar-refractivity contribution is -0.141. The lowest BCUT2D eigenvalue weighted by Gasteiger charge is -2.27. The molecule has 1 unspecified atom stereocenters. The van der Waals surface area contributed by atoms with Gasteiger partial charge in [0.05, 0.1) is 26.4 Å². The van der Waals surface area contributed by atoms with Gasteiger partial charge in [-0.15, -0.1) is 5.11 Å². The lowest BCUT2D eigenvalue weighted by Crippen LogP contribution is -2.36. The van der Waals surface area contributed by atoms with Gasteiger partial charge in [0, 0.05) is 41.8 Å². The summed E-state index contributed by atoms with van der Waals surface area (Å²) in [4.78, 5) is 14.4. The number of ether oxygens (including phenoxy) is 4. The summed E-state index contributed by atoms with van der Waals surface area (Å²) in [6.07, 6.45) is 1.78. The van der Waals surface area contributed by atoms with Gasteiger partial charge in [-0.3, -0.25) is 0 Å². The molecule has 0 bridgehead atoms. The second-order valence-corrected chi connectivity index (χ2v) is 8.49. The fraction of sp³-hybridized carbons (Fsp3) is 0.478. The summed E-state index contributed by atoms with van der Waals surface area (Å²) in [5.41, 5.74) is 2.16. The number of azo groups is 1. The Morgan fingerprint density at radius 3 is 2.88 bits per heavy atom. The highest BCUT2D eigenvalue weighted by atomic mass is 16.7. The number of hydrogen-bond acceptors (Lipinski definition) is 9. The Morgan fingerprint density at radius 1 is 1.21 bits per heavy atom. The summed E-state index contributed by atoms with van der Waals surface area (Å²) in [6.45, 7) is 7.77. The molecule has 0 radical (unpaired) electrons. The van der Waals surface area contributed by atoms with E-state index in [0.717, 1.165) is 35.4 Å². The zero-order chi connectivity index (χ0) is 22.7. The molecule has 2 aliphatic heterocycles. The van der Waals surface area contributed by atoms with Gasteiger partial charge in [0.25, 0.3) is 0 Å². The number of rotatable bonds is 7. The Bertz CT molecular complexity index is 1130. The van der Waals surface area contributed by atoms with Crippen molar-refractivity contribution in [2.45, 2.75) is 32.3 Å². The first-order valence-electron chi connectivity index (χ1n) is 11.1. The summed E-state index contributed by atoms with van der Waals surface area (Å²) in [7, 11) is 0. The van der Waals surface area contributed by atoms with Crippen LogP contribution in [0.1, 0.15) is 19.4 Å². The molecule has 0 spiro atoms. The summed E-state index contributed by atoms with van der Waals surface area (Å²) in [6, 6.07) is 10.2. The van der Waals surface area contributed by atoms with Crippen LogP contribution in [0.4, 0.5) is 11.6 Å². The second-order valence-electron chi connectivity index (χ2n) is 8.49. The van der Waals surface area contributed by atoms with Crippen LogP contribution in [-0.2, 0) is 20.8 Å². The maximum atomic E-state index is 5.87. The number of fused-ring (bicyclic) bond motifs is 1. The van der Waals surface area contributed by atoms with Crippen molar-refractivity contribution in [2.75, 3.05) is 44.4 Å². The van der Waals surface area contributed by atoms with Crippen molar-refractivity contribution in [3.63, 3.8) is 0 Å². The first kappa shape index (κ1) is 21.7. The van der Waals surface area contributed by atoms with E-state index >= 15 is 0 Å². The Kier molecular flexibility index (Phi) is 6.21. The van der Waals surface area contributed by atoms with Crippen LogP contribution in [0.25, 0.3) is 10.9 Å². The molecule has 3 aromatic rings. The van der Waals surface area contributed by atoms with Crippen molar-refractivity contribution in [3.8, 4) is 6.01 Å². The van der Waals surface area contributed by atoms with Gasteiger partial charge in [0.2, 0.25) is 0 Å². The highest BCUT2D eigenvalue weighted by Crippen LogP contribution is 2.26. The topological polar surface area (TPSA) is 106 Å². The van der Waals surface area contributed by atoms with Crippen molar-refractivity contribution in [2.24, 2.45) is 10.2 Å². The molecule has 0 aliphatic carbocycles. The van der Waals surface area contributed by atoms with Crippen molar-refractivity contribution in [1.82, 2.24) is 15.0 Å². The molecule has 10 heteroatoms. The van der Waals surface area contributed by atoms with Crippen LogP contribution in [0.2, 0.25) is 0 Å². The molecule has 2 fully saturated rings. The van der Waals surface area contributed by atoms with Gasteiger partial charge in [0.1, 0.15) is 18.5 Å². The average Bonchev–Trinajstić information content (AvgIpc) is 3.41. The number of nitrogens with zero attached hydrogens (tertiary/aromatic N) is 5. The Labute approximate surface area is 191 Å². The van der Waals surface area contributed by atoms with E-state index in [1.165, 1.54) is 0 Å². The molecule has 174 valence electrons. The number of aromatic amines is 1. The zero-order valence-electron chi connectivity index (χ0n) is 18.9. The van der Waals surface area contributed by atoms with Crippen molar-refractivity contribution < 1.29 is 18.9 Å². The SMILES string of the molecule is CC1(C)OCC(COc2nc(N=NCc3c[nH]c4ccccc34)cc(N3CCOCC3)n2)O1. The Hall–Kier alpha value is -3.08. The number of benzene rings is 1. The largest absolute Gasteiger partial charge is 0.460 e. The number of para-hydroxylation sites is 1. The molecular weight excluding hydrogens is 424 g/mol. The minimum absolute atomic E-state index is 0.178. The van der Waals surface area contributed by atoms with E-state index in [-0.39, 0.29) is 12.1 Å². The highest BCUT2D eigenvalue weighted by Gasteiger charge is 2.33. The Balaban J connectivity index is 1.32. The quantitative estimate of drug-likeness (QED) is 0.546. The molecule has 10 nitrogen and oxygen atoms in total. The van der Waals surface area contributed by atoms with Crippen LogP contribution in [0.5, 0.6) is 6.01 Å². The molecule has 1 aromatic carbocycles. The number of nitrogens with one attached hydrogen (secondary N) is 1. The summed E-state index contributed by atoms with van der Waals surface area (Å²) in [5.74, 6) is 0.588. The van der Waals surface area contributed by atoms with Crippen LogP contribution in [0.15, 0.2) is 46.8 Å². The minimum atomic E-state index is -0.605. The van der Waals surface area contributed by atoms with E-state index in [1.54, 1.807) is 0 Å². The van der Waals surface area contributed by atoms with Gasteiger partial charge in [0.15, 0.2) is 11.6 Å². The number of hydrogen-bond donors (Lipinski definition) is 1. The van der Waals surface area contributed by atoms with Gasteiger partial charge in [-0.2, -0.15) is 15.1 Å². The number of H-pyrrole nitrogens is 1. The fourth-order valence-electron chi connectivity index (χ4n) is 3.93. The first-order chi connectivity index (χ1) is 16.1. The second kappa shape index (κ2) is 9.42. The predicted octanol–water partition coefficient (Wildman–Crippen LogP) is 3.61. The molecule has 4 heterocycles. The molecular formula is C23H28N6O4. The van der Waals surface area contributed by atoms with E-state index in [0.29, 0.717) is 38.8 Å². The van der Waals surface area contributed by atoms with E-state index in [2.05, 4.69) is 36.1 Å². The number of aromatic nitrogens is 3. The third kappa shape index (κ3) is 5.29. The van der Waals surface area contributed by atoms with Gasteiger partial charge in [-0.05, 0) is 19.9 Å². The van der Waals surface area contributed by atoms with Crippen molar-refractivity contribution >= 4 is 22.5 Å². The van der Waals surface area contributed by atoms with Crippen LogP contribution in [0, 0.1) is 0 Å². The highest BCUT2D eigenvalue weighted by molar-refractivity contribution is 5.82. The summed E-state index contributed by atoms with van der Waals surface area (Å²) in [5, 5.41) is 9.90. The molecule has 33 heavy (non-hydrogen) atoms. The van der Waals surface area contributed by atoms with E-state index in [1.807, 2.05) is 44.3 Å². The molecule has 5 rings (SSSR count). The maximum absolute atomic E-state index is 5.87.